The van der Waals surface area contributed by atoms with Gasteiger partial charge < -0.3 is 5.32 Å². The molecule has 166 valence electrons. The first-order chi connectivity index (χ1) is 16.1. The zero-order valence-corrected chi connectivity index (χ0v) is 18.5. The van der Waals surface area contributed by atoms with Crippen LogP contribution in [0.25, 0.3) is 0 Å². The molecule has 0 saturated carbocycles. The Morgan fingerprint density at radius 3 is 2.21 bits per heavy atom. The average molecular weight is 460 g/mol. The number of halogens is 1. The van der Waals surface area contributed by atoms with Gasteiger partial charge >= 0.3 is 0 Å². The van der Waals surface area contributed by atoms with Gasteiger partial charge in [-0.3, -0.25) is 9.59 Å². The molecule has 3 heterocycles. The van der Waals surface area contributed by atoms with Gasteiger partial charge in [0, 0.05) is 5.02 Å². The highest BCUT2D eigenvalue weighted by Gasteiger charge is 2.49. The summed E-state index contributed by atoms with van der Waals surface area (Å²) in [4.78, 5) is 32.0. The molecule has 6 rings (SSSR count). The molecule has 1 aliphatic carbocycles. The molecule has 4 atom stereocenters. The summed E-state index contributed by atoms with van der Waals surface area (Å²) < 4.78 is 1.80. The molecule has 33 heavy (non-hydrogen) atoms. The summed E-state index contributed by atoms with van der Waals surface area (Å²) in [5.41, 5.74) is 2.18. The third-order valence-electron chi connectivity index (χ3n) is 6.84. The van der Waals surface area contributed by atoms with Crippen LogP contribution in [0.3, 0.4) is 0 Å². The standard InChI is InChI=1S/C25H22ClN5O2/c26-17-12-10-15(11-13-17)20-14-21(16-6-2-1-3-7-16)31-24(27-20)28-25(29-31)30-22(32)18-8-4-5-9-19(18)23(30)33/h1-7,10-13,18-21H,8-9,14H2,(H,27,28,29)/t18-,19-,20-,21-/m0/s1. The lowest BCUT2D eigenvalue weighted by Crippen LogP contribution is -2.32. The normalized spacial score (nSPS) is 26.2. The maximum Gasteiger partial charge on any atom is 0.260 e. The highest BCUT2D eigenvalue weighted by atomic mass is 35.5. The van der Waals surface area contributed by atoms with Crippen molar-refractivity contribution in [3.63, 3.8) is 0 Å². The minimum atomic E-state index is -0.317. The van der Waals surface area contributed by atoms with Crippen molar-refractivity contribution in [3.8, 4) is 0 Å². The Bertz CT molecular complexity index is 1230. The quantitative estimate of drug-likeness (QED) is 0.459. The van der Waals surface area contributed by atoms with E-state index in [0.717, 1.165) is 17.5 Å². The summed E-state index contributed by atoms with van der Waals surface area (Å²) in [6, 6.07) is 17.7. The summed E-state index contributed by atoms with van der Waals surface area (Å²) in [5.74, 6) is -0.352. The van der Waals surface area contributed by atoms with Gasteiger partial charge in [-0.05, 0) is 42.5 Å². The first-order valence-electron chi connectivity index (χ1n) is 11.2. The molecule has 2 amide bonds. The lowest BCUT2D eigenvalue weighted by molar-refractivity contribution is -0.122. The lowest BCUT2D eigenvalue weighted by atomic mass is 9.85. The Morgan fingerprint density at radius 2 is 1.55 bits per heavy atom. The minimum Gasteiger partial charge on any atom is -0.347 e. The topological polar surface area (TPSA) is 80.1 Å². The van der Waals surface area contributed by atoms with Crippen LogP contribution in [-0.4, -0.2) is 26.6 Å². The van der Waals surface area contributed by atoms with E-state index in [4.69, 9.17) is 11.6 Å². The molecular weight excluding hydrogens is 438 g/mol. The number of carbonyl (C=O) groups is 2. The second kappa shape index (κ2) is 7.85. The monoisotopic (exact) mass is 459 g/mol. The third-order valence-corrected chi connectivity index (χ3v) is 7.09. The summed E-state index contributed by atoms with van der Waals surface area (Å²) in [6.45, 7) is 0. The van der Waals surface area contributed by atoms with Crippen LogP contribution in [0.5, 0.6) is 0 Å². The Hall–Kier alpha value is -3.45. The predicted molar refractivity (Wildman–Crippen MR) is 125 cm³/mol. The van der Waals surface area contributed by atoms with Crippen LogP contribution in [0, 0.1) is 11.8 Å². The second-order valence-corrected chi connectivity index (χ2v) is 9.19. The van der Waals surface area contributed by atoms with E-state index in [-0.39, 0.29) is 41.7 Å². The first kappa shape index (κ1) is 20.2. The van der Waals surface area contributed by atoms with Crippen molar-refractivity contribution >= 4 is 35.3 Å². The van der Waals surface area contributed by atoms with Gasteiger partial charge in [-0.2, -0.15) is 4.98 Å². The van der Waals surface area contributed by atoms with Crippen molar-refractivity contribution < 1.29 is 9.59 Å². The smallest absolute Gasteiger partial charge is 0.260 e. The summed E-state index contributed by atoms with van der Waals surface area (Å²) in [5, 5.41) is 8.81. The van der Waals surface area contributed by atoms with Crippen LogP contribution in [0.4, 0.5) is 11.9 Å². The fraction of sp³-hybridized carbons (Fsp3) is 0.280. The van der Waals surface area contributed by atoms with Gasteiger partial charge in [0.25, 0.3) is 5.95 Å². The second-order valence-electron chi connectivity index (χ2n) is 8.76. The maximum absolute atomic E-state index is 13.1. The molecule has 0 radical (unpaired) electrons. The van der Waals surface area contributed by atoms with Crippen molar-refractivity contribution in [1.82, 2.24) is 14.8 Å². The number of aromatic nitrogens is 3. The van der Waals surface area contributed by atoms with E-state index in [1.54, 1.807) is 4.68 Å². The third kappa shape index (κ3) is 3.35. The van der Waals surface area contributed by atoms with E-state index in [2.05, 4.69) is 27.5 Å². The molecule has 3 aromatic rings. The molecular formula is C25H22ClN5O2. The molecule has 2 aromatic carbocycles. The number of rotatable bonds is 3. The minimum absolute atomic E-state index is 0.0196. The van der Waals surface area contributed by atoms with Gasteiger partial charge in [0.2, 0.25) is 17.8 Å². The highest BCUT2D eigenvalue weighted by Crippen LogP contribution is 2.41. The van der Waals surface area contributed by atoms with Gasteiger partial charge in [0.05, 0.1) is 23.9 Å². The summed E-state index contributed by atoms with van der Waals surface area (Å²) >= 11 is 6.09. The van der Waals surface area contributed by atoms with Crippen LogP contribution in [0.15, 0.2) is 66.7 Å². The number of amides is 2. The fourth-order valence-corrected chi connectivity index (χ4v) is 5.25. The fourth-order valence-electron chi connectivity index (χ4n) is 5.12. The molecule has 1 N–H and O–H groups in total. The number of benzene rings is 2. The van der Waals surface area contributed by atoms with E-state index in [0.29, 0.717) is 23.8 Å². The molecule has 1 saturated heterocycles. The Kier molecular flexibility index (Phi) is 4.80. The van der Waals surface area contributed by atoms with Crippen molar-refractivity contribution in [3.05, 3.63) is 82.9 Å². The summed E-state index contributed by atoms with van der Waals surface area (Å²) in [6.07, 6.45) is 5.86. The molecule has 0 spiro atoms. The highest BCUT2D eigenvalue weighted by molar-refractivity contribution is 6.30. The van der Waals surface area contributed by atoms with E-state index in [9.17, 15) is 9.59 Å². The van der Waals surface area contributed by atoms with Gasteiger partial charge in [-0.15, -0.1) is 5.10 Å². The van der Waals surface area contributed by atoms with E-state index < -0.39 is 0 Å². The molecule has 0 bridgehead atoms. The predicted octanol–water partition coefficient (Wildman–Crippen LogP) is 4.53. The number of fused-ring (bicyclic) bond motifs is 2. The Labute approximate surface area is 196 Å². The number of nitrogens with one attached hydrogen (secondary N) is 1. The van der Waals surface area contributed by atoms with Crippen LogP contribution in [0.1, 0.15) is 42.5 Å². The Balaban J connectivity index is 1.40. The molecule has 8 heteroatoms. The van der Waals surface area contributed by atoms with Crippen molar-refractivity contribution in [1.29, 1.82) is 0 Å². The van der Waals surface area contributed by atoms with Crippen LogP contribution >= 0.6 is 11.6 Å². The number of nitrogens with zero attached hydrogens (tertiary/aromatic N) is 4. The van der Waals surface area contributed by atoms with Gasteiger partial charge in [-0.1, -0.05) is 66.2 Å². The van der Waals surface area contributed by atoms with Crippen molar-refractivity contribution in [2.75, 3.05) is 10.2 Å². The molecule has 2 aliphatic heterocycles. The number of allylic oxidation sites excluding steroid dienone is 2. The number of carbonyl (C=O) groups excluding carboxylic acids is 2. The van der Waals surface area contributed by atoms with Gasteiger partial charge in [0.1, 0.15) is 0 Å². The van der Waals surface area contributed by atoms with Crippen molar-refractivity contribution in [2.24, 2.45) is 11.8 Å². The molecule has 0 unspecified atom stereocenters. The van der Waals surface area contributed by atoms with E-state index in [1.807, 2.05) is 54.6 Å². The largest absolute Gasteiger partial charge is 0.347 e. The average Bonchev–Trinajstić information content (AvgIpc) is 3.38. The van der Waals surface area contributed by atoms with Gasteiger partial charge in [-0.25, -0.2) is 9.58 Å². The SMILES string of the molecule is O=C1[C@H]2CC=CC[C@@H]2C(=O)N1c1nc2n(n1)[C@H](c1ccccc1)C[C@@H](c1ccc(Cl)cc1)N2. The number of hydrogen-bond donors (Lipinski definition) is 1. The van der Waals surface area contributed by atoms with Crippen LogP contribution in [0.2, 0.25) is 5.02 Å². The molecule has 3 aliphatic rings. The van der Waals surface area contributed by atoms with Crippen LogP contribution < -0.4 is 10.2 Å². The molecule has 1 aromatic heterocycles. The Morgan fingerprint density at radius 1 is 0.879 bits per heavy atom. The number of hydrogen-bond acceptors (Lipinski definition) is 5. The van der Waals surface area contributed by atoms with E-state index in [1.165, 1.54) is 4.90 Å². The van der Waals surface area contributed by atoms with Crippen LogP contribution in [-0.2, 0) is 9.59 Å². The zero-order valence-electron chi connectivity index (χ0n) is 17.8. The lowest BCUT2D eigenvalue weighted by Gasteiger charge is -2.31. The van der Waals surface area contributed by atoms with Crippen molar-refractivity contribution in [2.45, 2.75) is 31.3 Å². The maximum atomic E-state index is 13.1. The van der Waals surface area contributed by atoms with Gasteiger partial charge in [0.15, 0.2) is 0 Å². The molecule has 1 fully saturated rings. The number of anilines is 2. The molecule has 7 nitrogen and oxygen atoms in total. The van der Waals surface area contributed by atoms with E-state index >= 15 is 0 Å². The zero-order chi connectivity index (χ0) is 22.5. The first-order valence-corrected chi connectivity index (χ1v) is 11.5. The summed E-state index contributed by atoms with van der Waals surface area (Å²) in [7, 11) is 0. The number of imide groups is 1.